The van der Waals surface area contributed by atoms with Gasteiger partial charge in [0.2, 0.25) is 0 Å². The highest BCUT2D eigenvalue weighted by atomic mass is 32.2. The van der Waals surface area contributed by atoms with Crippen molar-refractivity contribution < 1.29 is 17.7 Å². The molecule has 0 fully saturated rings. The third kappa shape index (κ3) is 8.07. The van der Waals surface area contributed by atoms with E-state index in [1.165, 1.54) is 86.9 Å². The van der Waals surface area contributed by atoms with Gasteiger partial charge in [0, 0.05) is 0 Å². The number of hydrogen-bond acceptors (Lipinski definition) is 4. The zero-order chi connectivity index (χ0) is 39.5. The Kier molecular flexibility index (Phi) is 11.7. The van der Waals surface area contributed by atoms with Gasteiger partial charge in [-0.1, -0.05) is 177 Å². The molecule has 0 spiro atoms. The average Bonchev–Trinajstić information content (AvgIpc) is 3.26. The lowest BCUT2D eigenvalue weighted by molar-refractivity contribution is 0.282. The second kappa shape index (κ2) is 17.0. The Balaban J connectivity index is 0.000000153. The molecular weight excluding hydrogens is 733 g/mol. The summed E-state index contributed by atoms with van der Waals surface area (Å²) < 4.78 is 23.5. The maximum atomic E-state index is 9.78. The Hall–Kier alpha value is -6.37. The maximum Gasteiger partial charge on any atom is 0.264 e. The summed E-state index contributed by atoms with van der Waals surface area (Å²) in [4.78, 5) is 0. The molecule has 0 bridgehead atoms. The molecule has 0 aliphatic carbocycles. The largest absolute Gasteiger partial charge is 0.392 e. The Morgan fingerprint density at radius 2 is 0.724 bits per heavy atom. The standard InChI is InChI=1S/C25H18O.C25H18.C2H6O3S.CH4/c26-16-17-6-5-7-18(14-17)19-12-13-24-22-10-2-1-8-20(22)21-9-3-4-11-23(21)25(24)15-19;1-17-7-6-8-18(15-17)19-13-14-24-22-11-3-2-9-20(22)21-10-4-5-12-23(21)25(24)16-19;1-5-6(2,3)4;/h1-15,26H,16H2;2-16H,1H3;1-2H3;1H4. The van der Waals surface area contributed by atoms with Crippen LogP contribution in [0.5, 0.6) is 0 Å². The third-order valence-corrected chi connectivity index (χ3v) is 11.2. The van der Waals surface area contributed by atoms with Gasteiger partial charge >= 0.3 is 0 Å². The van der Waals surface area contributed by atoms with Gasteiger partial charge in [-0.15, -0.1) is 0 Å². The first-order valence-corrected chi connectivity index (χ1v) is 20.7. The lowest BCUT2D eigenvalue weighted by Gasteiger charge is -2.12. The zero-order valence-electron chi connectivity index (χ0n) is 32.1. The molecule has 0 saturated carbocycles. The number of fused-ring (bicyclic) bond motifs is 12. The van der Waals surface area contributed by atoms with Crippen molar-refractivity contribution in [1.29, 1.82) is 0 Å². The van der Waals surface area contributed by atoms with Crippen LogP contribution < -0.4 is 0 Å². The van der Waals surface area contributed by atoms with Crippen LogP contribution in [0, 0.1) is 6.92 Å². The summed E-state index contributed by atoms with van der Waals surface area (Å²) in [5, 5.41) is 25.1. The maximum absolute atomic E-state index is 9.78. The number of aryl methyl sites for hydroxylation is 1. The van der Waals surface area contributed by atoms with Gasteiger partial charge in [-0.05, 0) is 118 Å². The lowest BCUT2D eigenvalue weighted by Crippen LogP contribution is -1.95. The average molecular weight is 779 g/mol. The minimum atomic E-state index is -3.16. The summed E-state index contributed by atoms with van der Waals surface area (Å²) in [7, 11) is -2.04. The Labute approximate surface area is 340 Å². The SMILES string of the molecule is C.COS(C)(=O)=O.Cc1cccc(-c2ccc3c4ccccc4c4ccccc4c3c2)c1.OCc1cccc(-c2ccc3c4ccccc4c4ccccc4c3c2)c1. The third-order valence-electron chi connectivity index (χ3n) is 10.6. The molecule has 0 aliphatic heterocycles. The molecule has 0 aliphatic rings. The molecule has 58 heavy (non-hydrogen) atoms. The summed E-state index contributed by atoms with van der Waals surface area (Å²) in [6, 6.07) is 65.1. The normalized spacial score (nSPS) is 11.2. The topological polar surface area (TPSA) is 63.6 Å². The van der Waals surface area contributed by atoms with Gasteiger partial charge in [-0.3, -0.25) is 4.18 Å². The molecular formula is C53H46O4S. The molecule has 5 heteroatoms. The highest BCUT2D eigenvalue weighted by molar-refractivity contribution is 7.85. The fourth-order valence-corrected chi connectivity index (χ4v) is 7.85. The Morgan fingerprint density at radius 3 is 1.07 bits per heavy atom. The van der Waals surface area contributed by atoms with Gasteiger partial charge in [-0.2, -0.15) is 8.42 Å². The van der Waals surface area contributed by atoms with Gasteiger partial charge in [0.05, 0.1) is 20.0 Å². The van der Waals surface area contributed by atoms with Crippen LogP contribution in [0.25, 0.3) is 86.9 Å². The van der Waals surface area contributed by atoms with E-state index in [-0.39, 0.29) is 14.0 Å². The highest BCUT2D eigenvalue weighted by Crippen LogP contribution is 2.38. The van der Waals surface area contributed by atoms with E-state index in [1.54, 1.807) is 0 Å². The second-order valence-electron chi connectivity index (χ2n) is 14.3. The first-order valence-electron chi connectivity index (χ1n) is 18.9. The fraction of sp³-hybridized carbons (Fsp3) is 0.0943. The molecule has 0 heterocycles. The molecule has 0 atom stereocenters. The van der Waals surface area contributed by atoms with Crippen LogP contribution in [0.4, 0.5) is 0 Å². The van der Waals surface area contributed by atoms with Gasteiger partial charge in [0.25, 0.3) is 10.1 Å². The Morgan fingerprint density at radius 1 is 0.414 bits per heavy atom. The van der Waals surface area contributed by atoms with E-state index >= 15 is 0 Å². The summed E-state index contributed by atoms with van der Waals surface area (Å²) in [6.07, 6.45) is 0.993. The van der Waals surface area contributed by atoms with Crippen molar-refractivity contribution in [2.45, 2.75) is 21.0 Å². The van der Waals surface area contributed by atoms with Crippen LogP contribution in [-0.4, -0.2) is 26.9 Å². The molecule has 10 aromatic carbocycles. The summed E-state index contributed by atoms with van der Waals surface area (Å²) in [6.45, 7) is 2.21. The molecule has 0 unspecified atom stereocenters. The van der Waals surface area contributed by atoms with Gasteiger partial charge in [-0.25, -0.2) is 0 Å². The minimum Gasteiger partial charge on any atom is -0.392 e. The molecule has 10 aromatic rings. The summed E-state index contributed by atoms with van der Waals surface area (Å²) in [5.41, 5.74) is 7.09. The highest BCUT2D eigenvalue weighted by Gasteiger charge is 2.11. The van der Waals surface area contributed by atoms with E-state index in [0.717, 1.165) is 24.5 Å². The number of hydrogen-bond donors (Lipinski definition) is 1. The van der Waals surface area contributed by atoms with Crippen LogP contribution in [0.1, 0.15) is 18.6 Å². The summed E-state index contributed by atoms with van der Waals surface area (Å²) in [5.74, 6) is 0. The minimum absolute atomic E-state index is 0. The van der Waals surface area contributed by atoms with E-state index in [0.29, 0.717) is 0 Å². The molecule has 1 N–H and O–H groups in total. The second-order valence-corrected chi connectivity index (χ2v) is 16.0. The van der Waals surface area contributed by atoms with Crippen LogP contribution in [-0.2, 0) is 20.9 Å². The number of rotatable bonds is 4. The van der Waals surface area contributed by atoms with Crippen LogP contribution in [0.3, 0.4) is 0 Å². The van der Waals surface area contributed by atoms with E-state index < -0.39 is 10.1 Å². The smallest absolute Gasteiger partial charge is 0.264 e. The first kappa shape index (κ1) is 39.8. The van der Waals surface area contributed by atoms with Crippen molar-refractivity contribution in [2.24, 2.45) is 0 Å². The fourth-order valence-electron chi connectivity index (χ4n) is 7.85. The van der Waals surface area contributed by atoms with Crippen LogP contribution >= 0.6 is 0 Å². The lowest BCUT2D eigenvalue weighted by atomic mass is 9.92. The molecule has 10 rings (SSSR count). The number of aliphatic hydroxyl groups excluding tert-OH is 1. The van der Waals surface area contributed by atoms with Gasteiger partial charge in [0.15, 0.2) is 0 Å². The van der Waals surface area contributed by atoms with Crippen molar-refractivity contribution in [3.63, 3.8) is 0 Å². The molecule has 0 amide bonds. The molecule has 0 radical (unpaired) electrons. The molecule has 0 saturated heterocycles. The predicted octanol–water partition coefficient (Wildman–Crippen LogP) is 13.7. The predicted molar refractivity (Wildman–Crippen MR) is 248 cm³/mol. The van der Waals surface area contributed by atoms with Crippen molar-refractivity contribution in [3.8, 4) is 22.3 Å². The first-order chi connectivity index (χ1) is 27.7. The van der Waals surface area contributed by atoms with E-state index in [4.69, 9.17) is 0 Å². The zero-order valence-corrected chi connectivity index (χ0v) is 32.9. The molecule has 288 valence electrons. The quantitative estimate of drug-likeness (QED) is 0.143. The van der Waals surface area contributed by atoms with Crippen molar-refractivity contribution in [3.05, 3.63) is 193 Å². The van der Waals surface area contributed by atoms with Crippen molar-refractivity contribution in [2.75, 3.05) is 13.4 Å². The van der Waals surface area contributed by atoms with Crippen molar-refractivity contribution in [1.82, 2.24) is 0 Å². The van der Waals surface area contributed by atoms with Gasteiger partial charge < -0.3 is 5.11 Å². The van der Waals surface area contributed by atoms with Crippen molar-refractivity contribution >= 4 is 74.8 Å². The number of aliphatic hydroxyl groups is 1. The molecule has 0 aromatic heterocycles. The van der Waals surface area contributed by atoms with E-state index in [1.807, 2.05) is 12.1 Å². The monoisotopic (exact) mass is 778 g/mol. The van der Waals surface area contributed by atoms with Gasteiger partial charge in [0.1, 0.15) is 0 Å². The number of benzene rings is 10. The van der Waals surface area contributed by atoms with E-state index in [2.05, 4.69) is 181 Å². The molecule has 4 nitrogen and oxygen atoms in total. The van der Waals surface area contributed by atoms with Crippen LogP contribution in [0.2, 0.25) is 0 Å². The van der Waals surface area contributed by atoms with Crippen LogP contribution in [0.15, 0.2) is 182 Å². The summed E-state index contributed by atoms with van der Waals surface area (Å²) >= 11 is 0. The van der Waals surface area contributed by atoms with E-state index in [9.17, 15) is 13.5 Å². The Bertz CT molecular complexity index is 3130.